The maximum Gasteiger partial charge on any atom is 0.407 e. The number of alkyl carbamates (subject to hydrolysis) is 1. The highest BCUT2D eigenvalue weighted by Gasteiger charge is 2.38. The smallest absolute Gasteiger partial charge is 0.407 e. The van der Waals surface area contributed by atoms with Crippen LogP contribution in [0.25, 0.3) is 10.8 Å². The van der Waals surface area contributed by atoms with Crippen molar-refractivity contribution < 1.29 is 9.53 Å². The highest BCUT2D eigenvalue weighted by molar-refractivity contribution is 5.82. The van der Waals surface area contributed by atoms with Gasteiger partial charge >= 0.3 is 6.09 Å². The van der Waals surface area contributed by atoms with Crippen molar-refractivity contribution in [3.05, 3.63) is 78.1 Å². The van der Waals surface area contributed by atoms with Gasteiger partial charge in [0, 0.05) is 23.8 Å². The number of rotatable bonds is 7. The van der Waals surface area contributed by atoms with E-state index < -0.39 is 0 Å². The summed E-state index contributed by atoms with van der Waals surface area (Å²) in [4.78, 5) is 16.7. The highest BCUT2D eigenvalue weighted by Crippen LogP contribution is 2.43. The fourth-order valence-corrected chi connectivity index (χ4v) is 5.16. The average molecular weight is 431 g/mol. The number of fused-ring (bicyclic) bond motifs is 1. The molecule has 32 heavy (non-hydrogen) atoms. The summed E-state index contributed by atoms with van der Waals surface area (Å²) in [5.74, 6) is 0.699. The summed E-state index contributed by atoms with van der Waals surface area (Å²) in [6, 6.07) is 18.8. The summed E-state index contributed by atoms with van der Waals surface area (Å²) >= 11 is 0. The molecule has 0 radical (unpaired) electrons. The molecule has 1 aromatic heterocycles. The molecule has 1 saturated carbocycles. The molecule has 0 saturated heterocycles. The molecule has 0 bridgehead atoms. The van der Waals surface area contributed by atoms with Gasteiger partial charge in [0.1, 0.15) is 6.61 Å². The topological polar surface area (TPSA) is 51.2 Å². The number of nitrogens with one attached hydrogen (secondary N) is 1. The van der Waals surface area contributed by atoms with Gasteiger partial charge in [-0.15, -0.1) is 0 Å². The van der Waals surface area contributed by atoms with Gasteiger partial charge in [0.15, 0.2) is 0 Å². The lowest BCUT2D eigenvalue weighted by molar-refractivity contribution is 0.0911. The summed E-state index contributed by atoms with van der Waals surface area (Å²) in [6.07, 6.45) is 10.2. The Morgan fingerprint density at radius 3 is 2.62 bits per heavy atom. The first-order valence-corrected chi connectivity index (χ1v) is 11.9. The van der Waals surface area contributed by atoms with Gasteiger partial charge in [-0.05, 0) is 72.4 Å². The number of nitrogens with zero attached hydrogens (tertiary/aromatic N) is 1. The van der Waals surface area contributed by atoms with Crippen molar-refractivity contribution in [1.29, 1.82) is 0 Å². The van der Waals surface area contributed by atoms with Gasteiger partial charge < -0.3 is 10.1 Å². The third kappa shape index (κ3) is 5.48. The zero-order chi connectivity index (χ0) is 22.4. The molecule has 1 atom stereocenters. The summed E-state index contributed by atoms with van der Waals surface area (Å²) in [6.45, 7) is 4.80. The Balaban J connectivity index is 1.29. The number of hydrogen-bond acceptors (Lipinski definition) is 3. The number of carbonyl (C=O) groups excluding carboxylic acids is 1. The number of ether oxygens (including phenoxy) is 1. The van der Waals surface area contributed by atoms with Gasteiger partial charge in [-0.2, -0.15) is 0 Å². The summed E-state index contributed by atoms with van der Waals surface area (Å²) in [7, 11) is 0. The van der Waals surface area contributed by atoms with Crippen molar-refractivity contribution in [1.82, 2.24) is 10.3 Å². The third-order valence-corrected chi connectivity index (χ3v) is 7.23. The van der Waals surface area contributed by atoms with Crippen LogP contribution >= 0.6 is 0 Å². The van der Waals surface area contributed by atoms with Crippen LogP contribution in [0.15, 0.2) is 67.0 Å². The van der Waals surface area contributed by atoms with E-state index in [0.29, 0.717) is 12.5 Å². The highest BCUT2D eigenvalue weighted by atomic mass is 16.5. The molecule has 2 aromatic carbocycles. The quantitative estimate of drug-likeness (QED) is 0.455. The molecular formula is C28H34N2O2. The van der Waals surface area contributed by atoms with Crippen LogP contribution in [0.3, 0.4) is 0 Å². The van der Waals surface area contributed by atoms with Gasteiger partial charge in [-0.1, -0.05) is 62.4 Å². The Morgan fingerprint density at radius 2 is 1.88 bits per heavy atom. The van der Waals surface area contributed by atoms with E-state index in [1.165, 1.54) is 29.2 Å². The summed E-state index contributed by atoms with van der Waals surface area (Å²) in [5, 5.41) is 5.63. The standard InChI is InChI=1S/C28H34N2O2/c1-3-26(30-27(31)32-20-22-7-5-4-6-8-22)28(2)14-11-21(12-15-28)17-23-9-10-25-19-29-16-13-24(25)18-23/h4-10,13,16,18-19,21,26H,3,11-12,14-15,17,20H2,1-2H3,(H,30,31). The van der Waals surface area contributed by atoms with E-state index in [9.17, 15) is 4.79 Å². The fourth-order valence-electron chi connectivity index (χ4n) is 5.16. The van der Waals surface area contributed by atoms with Crippen molar-refractivity contribution in [2.75, 3.05) is 0 Å². The van der Waals surface area contributed by atoms with Crippen LogP contribution in [0.5, 0.6) is 0 Å². The van der Waals surface area contributed by atoms with Crippen LogP contribution in [-0.2, 0) is 17.8 Å². The second kappa shape index (κ2) is 10.2. The van der Waals surface area contributed by atoms with Gasteiger partial charge in [-0.3, -0.25) is 4.98 Å². The van der Waals surface area contributed by atoms with Gasteiger partial charge in [0.05, 0.1) is 0 Å². The molecule has 1 unspecified atom stereocenters. The number of pyridine rings is 1. The van der Waals surface area contributed by atoms with E-state index in [-0.39, 0.29) is 17.6 Å². The zero-order valence-corrected chi connectivity index (χ0v) is 19.2. The van der Waals surface area contributed by atoms with E-state index in [1.807, 2.05) is 42.7 Å². The molecule has 4 heteroatoms. The average Bonchev–Trinajstić information content (AvgIpc) is 2.83. The van der Waals surface area contributed by atoms with Crippen LogP contribution in [0.2, 0.25) is 0 Å². The van der Waals surface area contributed by atoms with Crippen molar-refractivity contribution in [2.24, 2.45) is 11.3 Å². The Hall–Kier alpha value is -2.88. The maximum absolute atomic E-state index is 12.4. The minimum Gasteiger partial charge on any atom is -0.445 e. The molecule has 0 aliphatic heterocycles. The van der Waals surface area contributed by atoms with Gasteiger partial charge in [0.2, 0.25) is 0 Å². The van der Waals surface area contributed by atoms with Crippen molar-refractivity contribution in [3.8, 4) is 0 Å². The molecular weight excluding hydrogens is 396 g/mol. The second-order valence-electron chi connectivity index (χ2n) is 9.53. The summed E-state index contributed by atoms with van der Waals surface area (Å²) < 4.78 is 5.48. The van der Waals surface area contributed by atoms with Gasteiger partial charge in [0.25, 0.3) is 0 Å². The first kappa shape index (κ1) is 22.3. The van der Waals surface area contributed by atoms with E-state index >= 15 is 0 Å². The van der Waals surface area contributed by atoms with E-state index in [0.717, 1.165) is 31.2 Å². The van der Waals surface area contributed by atoms with Crippen LogP contribution in [-0.4, -0.2) is 17.1 Å². The van der Waals surface area contributed by atoms with Crippen LogP contribution < -0.4 is 5.32 Å². The van der Waals surface area contributed by atoms with Crippen LogP contribution in [0, 0.1) is 11.3 Å². The number of aromatic nitrogens is 1. The van der Waals surface area contributed by atoms with Crippen molar-refractivity contribution in [3.63, 3.8) is 0 Å². The minimum atomic E-state index is -0.310. The second-order valence-corrected chi connectivity index (χ2v) is 9.53. The lowest BCUT2D eigenvalue weighted by Crippen LogP contribution is -2.47. The molecule has 1 fully saturated rings. The molecule has 4 nitrogen and oxygen atoms in total. The molecule has 1 aliphatic rings. The lowest BCUT2D eigenvalue weighted by Gasteiger charge is -2.43. The van der Waals surface area contributed by atoms with Crippen LogP contribution in [0.1, 0.15) is 57.1 Å². The Labute approximate surface area is 191 Å². The Kier molecular flexibility index (Phi) is 7.09. The number of amides is 1. The molecule has 168 valence electrons. The normalized spacial score (nSPS) is 21.8. The molecule has 1 N–H and O–H groups in total. The third-order valence-electron chi connectivity index (χ3n) is 7.23. The monoisotopic (exact) mass is 430 g/mol. The number of hydrogen-bond donors (Lipinski definition) is 1. The predicted octanol–water partition coefficient (Wildman–Crippen LogP) is 6.68. The van der Waals surface area contributed by atoms with Gasteiger partial charge in [-0.25, -0.2) is 4.79 Å². The Bertz CT molecular complexity index is 1030. The minimum absolute atomic E-state index is 0.117. The molecule has 0 spiro atoms. The first-order valence-electron chi connectivity index (χ1n) is 11.9. The predicted molar refractivity (Wildman–Crippen MR) is 129 cm³/mol. The SMILES string of the molecule is CCC(NC(=O)OCc1ccccc1)C1(C)CCC(Cc2ccc3cnccc3c2)CC1. The van der Waals surface area contributed by atoms with E-state index in [1.54, 1.807) is 0 Å². The van der Waals surface area contributed by atoms with Crippen molar-refractivity contribution >= 4 is 16.9 Å². The fraction of sp³-hybridized carbons (Fsp3) is 0.429. The maximum atomic E-state index is 12.4. The molecule has 3 aromatic rings. The summed E-state index contributed by atoms with van der Waals surface area (Å²) in [5.41, 5.74) is 2.53. The van der Waals surface area contributed by atoms with E-state index in [2.05, 4.69) is 48.4 Å². The molecule has 1 amide bonds. The Morgan fingerprint density at radius 1 is 1.09 bits per heavy atom. The van der Waals surface area contributed by atoms with Crippen LogP contribution in [0.4, 0.5) is 4.79 Å². The number of benzene rings is 2. The molecule has 1 heterocycles. The first-order chi connectivity index (χ1) is 15.6. The zero-order valence-electron chi connectivity index (χ0n) is 19.2. The lowest BCUT2D eigenvalue weighted by atomic mass is 9.66. The molecule has 1 aliphatic carbocycles. The molecule has 4 rings (SSSR count). The van der Waals surface area contributed by atoms with Crippen molar-refractivity contribution in [2.45, 2.75) is 65.0 Å². The largest absolute Gasteiger partial charge is 0.445 e. The van der Waals surface area contributed by atoms with E-state index in [4.69, 9.17) is 4.74 Å². The number of carbonyl (C=O) groups is 1.